The number of carbonyl (C=O) groups is 1. The first-order chi connectivity index (χ1) is 14.3. The molecule has 0 spiro atoms. The molecule has 3 N–H and O–H groups in total. The summed E-state index contributed by atoms with van der Waals surface area (Å²) in [6.07, 6.45) is 2.26. The molecule has 164 valence electrons. The predicted molar refractivity (Wildman–Crippen MR) is 125 cm³/mol. The van der Waals surface area contributed by atoms with Gasteiger partial charge in [-0.3, -0.25) is 10.3 Å². The van der Waals surface area contributed by atoms with E-state index in [9.17, 15) is 4.79 Å². The summed E-state index contributed by atoms with van der Waals surface area (Å²) >= 11 is 1.72. The van der Waals surface area contributed by atoms with Crippen LogP contribution in [0.5, 0.6) is 0 Å². The molecule has 1 heterocycles. The van der Waals surface area contributed by atoms with Gasteiger partial charge >= 0.3 is 6.09 Å². The first kappa shape index (κ1) is 23.7. The summed E-state index contributed by atoms with van der Waals surface area (Å²) in [5, 5.41) is 12.7. The van der Waals surface area contributed by atoms with Crippen molar-refractivity contribution < 1.29 is 9.53 Å². The lowest BCUT2D eigenvalue weighted by atomic mass is 10.1. The van der Waals surface area contributed by atoms with Crippen molar-refractivity contribution in [3.05, 3.63) is 45.9 Å². The van der Waals surface area contributed by atoms with Crippen LogP contribution in [0.25, 0.3) is 0 Å². The molecule has 0 atom stereocenters. The molecule has 0 unspecified atom stereocenters. The predicted octanol–water partition coefficient (Wildman–Crippen LogP) is 4.00. The summed E-state index contributed by atoms with van der Waals surface area (Å²) < 4.78 is 5.26. The largest absolute Gasteiger partial charge is 0.444 e. The Hall–Kier alpha value is -2.61. The number of aryl methyl sites for hydroxylation is 1. The van der Waals surface area contributed by atoms with E-state index in [-0.39, 0.29) is 0 Å². The summed E-state index contributed by atoms with van der Waals surface area (Å²) in [6, 6.07) is 7.76. The highest BCUT2D eigenvalue weighted by atomic mass is 32.1. The number of rotatable bonds is 8. The van der Waals surface area contributed by atoms with Gasteiger partial charge in [0.1, 0.15) is 5.60 Å². The monoisotopic (exact) mass is 431 g/mol. The number of guanidine groups is 1. The fourth-order valence-corrected chi connectivity index (χ4v) is 3.44. The van der Waals surface area contributed by atoms with Crippen molar-refractivity contribution in [2.75, 3.05) is 25.5 Å². The molecule has 0 saturated heterocycles. The number of hydrogen-bond donors (Lipinski definition) is 3. The Morgan fingerprint density at radius 1 is 1.13 bits per heavy atom. The minimum absolute atomic E-state index is 0.449. The number of anilines is 1. The topological polar surface area (TPSA) is 87.6 Å². The number of ether oxygens (including phenoxy) is 1. The Kier molecular flexibility index (Phi) is 9.11. The smallest absolute Gasteiger partial charge is 0.412 e. The Morgan fingerprint density at radius 2 is 1.80 bits per heavy atom. The van der Waals surface area contributed by atoms with Crippen molar-refractivity contribution in [2.24, 2.45) is 4.99 Å². The number of thiazole rings is 1. The van der Waals surface area contributed by atoms with E-state index in [4.69, 9.17) is 4.74 Å². The molecule has 1 aromatic carbocycles. The maximum Gasteiger partial charge on any atom is 0.412 e. The molecule has 0 aliphatic carbocycles. The highest BCUT2D eigenvalue weighted by Gasteiger charge is 2.16. The molecular formula is C22H33N5O2S. The van der Waals surface area contributed by atoms with Gasteiger partial charge < -0.3 is 15.4 Å². The molecule has 2 rings (SSSR count). The number of nitrogens with zero attached hydrogens (tertiary/aromatic N) is 2. The van der Waals surface area contributed by atoms with Crippen molar-refractivity contribution in [2.45, 2.75) is 52.6 Å². The summed E-state index contributed by atoms with van der Waals surface area (Å²) in [4.78, 5) is 20.7. The van der Waals surface area contributed by atoms with Crippen LogP contribution in [0.15, 0.2) is 34.6 Å². The molecule has 0 radical (unpaired) electrons. The molecule has 0 fully saturated rings. The maximum atomic E-state index is 11.8. The van der Waals surface area contributed by atoms with Crippen LogP contribution in [-0.4, -0.2) is 42.8 Å². The van der Waals surface area contributed by atoms with E-state index in [0.717, 1.165) is 44.0 Å². The van der Waals surface area contributed by atoms with E-state index in [2.05, 4.69) is 38.2 Å². The van der Waals surface area contributed by atoms with Gasteiger partial charge in [-0.2, -0.15) is 0 Å². The lowest BCUT2D eigenvalue weighted by molar-refractivity contribution is 0.0636. The summed E-state index contributed by atoms with van der Waals surface area (Å²) in [5.74, 6) is 0.782. The van der Waals surface area contributed by atoms with E-state index in [0.29, 0.717) is 5.69 Å². The highest BCUT2D eigenvalue weighted by molar-refractivity contribution is 7.09. The number of carbonyl (C=O) groups excluding carboxylic acids is 1. The first-order valence-electron chi connectivity index (χ1n) is 10.3. The van der Waals surface area contributed by atoms with E-state index in [1.165, 1.54) is 10.6 Å². The van der Waals surface area contributed by atoms with Gasteiger partial charge in [0.15, 0.2) is 5.96 Å². The third kappa shape index (κ3) is 8.82. The van der Waals surface area contributed by atoms with Crippen LogP contribution >= 0.6 is 11.3 Å². The molecular weight excluding hydrogens is 398 g/mol. The molecule has 1 aromatic heterocycles. The van der Waals surface area contributed by atoms with Gasteiger partial charge in [0.25, 0.3) is 0 Å². The number of aliphatic imine (C=N–C) groups is 1. The standard InChI is InChI=1S/C22H33N5O2S/c1-6-19-26-18(15-30-19)12-14-25-20(23-5)24-13-11-16-7-9-17(10-8-16)27-21(28)29-22(2,3)4/h7-10,15H,6,11-14H2,1-5H3,(H,27,28)(H2,23,24,25). The molecule has 2 aromatic rings. The van der Waals surface area contributed by atoms with Crippen LogP contribution in [0.1, 0.15) is 44.0 Å². The molecule has 1 amide bonds. The lowest BCUT2D eigenvalue weighted by Crippen LogP contribution is -2.39. The average molecular weight is 432 g/mol. The summed E-state index contributed by atoms with van der Waals surface area (Å²) in [5.41, 5.74) is 2.50. The van der Waals surface area contributed by atoms with Gasteiger partial charge in [-0.1, -0.05) is 19.1 Å². The number of amides is 1. The molecule has 0 saturated carbocycles. The Balaban J connectivity index is 1.69. The quantitative estimate of drug-likeness (QED) is 0.434. The van der Waals surface area contributed by atoms with E-state index in [1.807, 2.05) is 45.0 Å². The summed E-state index contributed by atoms with van der Waals surface area (Å²) in [6.45, 7) is 9.19. The van der Waals surface area contributed by atoms with Crippen LogP contribution < -0.4 is 16.0 Å². The van der Waals surface area contributed by atoms with Crippen molar-refractivity contribution >= 4 is 29.1 Å². The van der Waals surface area contributed by atoms with Crippen LogP contribution in [-0.2, 0) is 24.0 Å². The number of nitrogens with one attached hydrogen (secondary N) is 3. The fourth-order valence-electron chi connectivity index (χ4n) is 2.66. The maximum absolute atomic E-state index is 11.8. The molecule has 0 bridgehead atoms. The highest BCUT2D eigenvalue weighted by Crippen LogP contribution is 2.13. The van der Waals surface area contributed by atoms with Crippen molar-refractivity contribution in [3.8, 4) is 0 Å². The van der Waals surface area contributed by atoms with Gasteiger partial charge in [-0.15, -0.1) is 11.3 Å². The third-order valence-electron chi connectivity index (χ3n) is 4.10. The first-order valence-corrected chi connectivity index (χ1v) is 11.1. The fraction of sp³-hybridized carbons (Fsp3) is 0.500. The van der Waals surface area contributed by atoms with Gasteiger partial charge in [-0.05, 0) is 51.3 Å². The minimum Gasteiger partial charge on any atom is -0.444 e. The van der Waals surface area contributed by atoms with Crippen LogP contribution in [0.3, 0.4) is 0 Å². The zero-order chi connectivity index (χ0) is 22.0. The molecule has 8 heteroatoms. The number of hydrogen-bond acceptors (Lipinski definition) is 5. The second kappa shape index (κ2) is 11.5. The van der Waals surface area contributed by atoms with Crippen molar-refractivity contribution in [1.29, 1.82) is 0 Å². The molecule has 0 aliphatic heterocycles. The average Bonchev–Trinajstić information content (AvgIpc) is 3.14. The summed E-state index contributed by atoms with van der Waals surface area (Å²) in [7, 11) is 1.77. The normalized spacial score (nSPS) is 11.8. The Labute approximate surface area is 183 Å². The third-order valence-corrected chi connectivity index (χ3v) is 5.15. The molecule has 30 heavy (non-hydrogen) atoms. The Morgan fingerprint density at radius 3 is 2.37 bits per heavy atom. The zero-order valence-electron chi connectivity index (χ0n) is 18.5. The number of benzene rings is 1. The van der Waals surface area contributed by atoms with Gasteiger partial charge in [0.2, 0.25) is 0 Å². The second-order valence-corrected chi connectivity index (χ2v) is 8.78. The zero-order valence-corrected chi connectivity index (χ0v) is 19.4. The van der Waals surface area contributed by atoms with Crippen LogP contribution in [0.2, 0.25) is 0 Å². The van der Waals surface area contributed by atoms with Crippen molar-refractivity contribution in [1.82, 2.24) is 15.6 Å². The molecule has 0 aliphatic rings. The Bertz CT molecular complexity index is 825. The van der Waals surface area contributed by atoms with E-state index in [1.54, 1.807) is 18.4 Å². The minimum atomic E-state index is -0.513. The van der Waals surface area contributed by atoms with Gasteiger partial charge in [0, 0.05) is 37.6 Å². The molecule has 7 nitrogen and oxygen atoms in total. The van der Waals surface area contributed by atoms with Gasteiger partial charge in [-0.25, -0.2) is 9.78 Å². The van der Waals surface area contributed by atoms with Crippen LogP contribution in [0.4, 0.5) is 10.5 Å². The number of aromatic nitrogens is 1. The van der Waals surface area contributed by atoms with E-state index >= 15 is 0 Å². The lowest BCUT2D eigenvalue weighted by Gasteiger charge is -2.19. The second-order valence-electron chi connectivity index (χ2n) is 7.84. The van der Waals surface area contributed by atoms with Crippen molar-refractivity contribution in [3.63, 3.8) is 0 Å². The van der Waals surface area contributed by atoms with E-state index < -0.39 is 11.7 Å². The SMILES string of the molecule is CCc1nc(CCNC(=NC)NCCc2ccc(NC(=O)OC(C)(C)C)cc2)cs1. The van der Waals surface area contributed by atoms with Crippen LogP contribution in [0, 0.1) is 0 Å². The van der Waals surface area contributed by atoms with Gasteiger partial charge in [0.05, 0.1) is 10.7 Å².